The monoisotopic (exact) mass is 232 g/mol. The van der Waals surface area contributed by atoms with Crippen molar-refractivity contribution in [2.45, 2.75) is 25.3 Å². The number of benzene rings is 1. The first-order valence-corrected chi connectivity index (χ1v) is 6.51. The normalized spacial score (nSPS) is 23.5. The summed E-state index contributed by atoms with van der Waals surface area (Å²) in [5, 5.41) is 3.65. The number of anilines is 1. The van der Waals surface area contributed by atoms with Crippen LogP contribution in [0.15, 0.2) is 18.2 Å². The van der Waals surface area contributed by atoms with Gasteiger partial charge < -0.3 is 15.0 Å². The van der Waals surface area contributed by atoms with Crippen molar-refractivity contribution in [3.63, 3.8) is 0 Å². The predicted octanol–water partition coefficient (Wildman–Crippen LogP) is 2.13. The van der Waals surface area contributed by atoms with Crippen LogP contribution in [0, 0.1) is 0 Å². The molecule has 3 nitrogen and oxygen atoms in total. The molecule has 0 bridgehead atoms. The number of fused-ring (bicyclic) bond motifs is 1. The smallest absolute Gasteiger partial charge is 0.142 e. The summed E-state index contributed by atoms with van der Waals surface area (Å²) < 4.78 is 5.43. The maximum atomic E-state index is 5.43. The number of para-hydroxylation sites is 1. The van der Waals surface area contributed by atoms with E-state index in [0.717, 1.165) is 12.2 Å². The Bertz CT molecular complexity index is 387. The molecule has 0 saturated carbocycles. The van der Waals surface area contributed by atoms with Gasteiger partial charge >= 0.3 is 0 Å². The van der Waals surface area contributed by atoms with Gasteiger partial charge in [0.05, 0.1) is 12.8 Å². The lowest BCUT2D eigenvalue weighted by Gasteiger charge is -2.37. The second-order valence-corrected chi connectivity index (χ2v) is 5.03. The summed E-state index contributed by atoms with van der Waals surface area (Å²) in [4.78, 5) is 2.53. The molecule has 92 valence electrons. The minimum Gasteiger partial charge on any atom is -0.495 e. The Morgan fingerprint density at radius 2 is 2.29 bits per heavy atom. The Morgan fingerprint density at radius 1 is 1.41 bits per heavy atom. The molecule has 1 unspecified atom stereocenters. The number of hydrogen-bond donors (Lipinski definition) is 1. The van der Waals surface area contributed by atoms with Crippen LogP contribution in [0.5, 0.6) is 5.75 Å². The summed E-state index contributed by atoms with van der Waals surface area (Å²) in [6.45, 7) is 3.73. The summed E-state index contributed by atoms with van der Waals surface area (Å²) in [6, 6.07) is 6.90. The Labute approximate surface area is 103 Å². The summed E-state index contributed by atoms with van der Waals surface area (Å²) in [5.74, 6) is 0.982. The highest BCUT2D eigenvalue weighted by Gasteiger charge is 2.24. The molecule has 0 amide bonds. The number of rotatable bonds is 3. The second-order valence-electron chi connectivity index (χ2n) is 5.03. The third kappa shape index (κ3) is 2.12. The van der Waals surface area contributed by atoms with Gasteiger partial charge in [0.1, 0.15) is 5.75 Å². The van der Waals surface area contributed by atoms with Crippen LogP contribution in [0.2, 0.25) is 0 Å². The maximum Gasteiger partial charge on any atom is 0.142 e. The number of nitrogens with zero attached hydrogens (tertiary/aromatic N) is 1. The summed E-state index contributed by atoms with van der Waals surface area (Å²) in [7, 11) is 1.75. The lowest BCUT2D eigenvalue weighted by atomic mass is 9.96. The second kappa shape index (κ2) is 4.57. The summed E-state index contributed by atoms with van der Waals surface area (Å²) >= 11 is 0. The number of aryl methyl sites for hydroxylation is 1. The Balaban J connectivity index is 1.74. The third-order valence-electron chi connectivity index (χ3n) is 3.87. The van der Waals surface area contributed by atoms with E-state index in [9.17, 15) is 0 Å². The largest absolute Gasteiger partial charge is 0.495 e. The van der Waals surface area contributed by atoms with Crippen molar-refractivity contribution in [3.05, 3.63) is 23.8 Å². The van der Waals surface area contributed by atoms with E-state index in [4.69, 9.17) is 4.74 Å². The average molecular weight is 232 g/mol. The molecule has 1 N–H and O–H groups in total. The van der Waals surface area contributed by atoms with Crippen LogP contribution >= 0.6 is 0 Å². The lowest BCUT2D eigenvalue weighted by Crippen LogP contribution is -2.45. The predicted molar refractivity (Wildman–Crippen MR) is 69.8 cm³/mol. The molecule has 1 saturated heterocycles. The molecule has 1 fully saturated rings. The number of hydrogen-bond acceptors (Lipinski definition) is 3. The van der Waals surface area contributed by atoms with Crippen molar-refractivity contribution in [1.29, 1.82) is 0 Å². The van der Waals surface area contributed by atoms with E-state index in [1.54, 1.807) is 7.11 Å². The zero-order valence-electron chi connectivity index (χ0n) is 10.4. The van der Waals surface area contributed by atoms with Crippen molar-refractivity contribution in [2.75, 3.05) is 32.1 Å². The van der Waals surface area contributed by atoms with Gasteiger partial charge in [-0.05, 0) is 44.0 Å². The van der Waals surface area contributed by atoms with Gasteiger partial charge in [0.2, 0.25) is 0 Å². The zero-order valence-corrected chi connectivity index (χ0v) is 10.4. The molecule has 1 aromatic rings. The van der Waals surface area contributed by atoms with E-state index in [0.29, 0.717) is 6.04 Å². The topological polar surface area (TPSA) is 24.5 Å². The highest BCUT2D eigenvalue weighted by Crippen LogP contribution is 2.33. The molecule has 1 aromatic carbocycles. The minimum atomic E-state index is 0.582. The Hall–Kier alpha value is -1.22. The van der Waals surface area contributed by atoms with Crippen molar-refractivity contribution in [2.24, 2.45) is 0 Å². The number of likely N-dealkylation sites (tertiary alicyclic amines) is 1. The molecule has 2 heterocycles. The first-order valence-electron chi connectivity index (χ1n) is 6.51. The number of ether oxygens (including phenoxy) is 1. The van der Waals surface area contributed by atoms with Crippen LogP contribution in [0.1, 0.15) is 18.4 Å². The van der Waals surface area contributed by atoms with Crippen molar-refractivity contribution >= 4 is 5.69 Å². The fourth-order valence-corrected chi connectivity index (χ4v) is 2.74. The van der Waals surface area contributed by atoms with E-state index >= 15 is 0 Å². The fourth-order valence-electron chi connectivity index (χ4n) is 2.74. The lowest BCUT2D eigenvalue weighted by molar-refractivity contribution is 0.171. The molecule has 0 radical (unpaired) electrons. The molecule has 2 aliphatic rings. The molecule has 0 aromatic heterocycles. The Morgan fingerprint density at radius 3 is 3.00 bits per heavy atom. The van der Waals surface area contributed by atoms with Gasteiger partial charge in [-0.15, -0.1) is 0 Å². The summed E-state index contributed by atoms with van der Waals surface area (Å²) in [6.07, 6.45) is 3.77. The van der Waals surface area contributed by atoms with Crippen LogP contribution < -0.4 is 10.1 Å². The first-order chi connectivity index (χ1) is 8.36. The van der Waals surface area contributed by atoms with Gasteiger partial charge in [-0.1, -0.05) is 12.1 Å². The van der Waals surface area contributed by atoms with Crippen LogP contribution in [0.3, 0.4) is 0 Å². The van der Waals surface area contributed by atoms with Crippen LogP contribution in [-0.2, 0) is 6.42 Å². The minimum absolute atomic E-state index is 0.582. The number of methoxy groups -OCH3 is 1. The van der Waals surface area contributed by atoms with Crippen molar-refractivity contribution in [3.8, 4) is 5.75 Å². The van der Waals surface area contributed by atoms with E-state index in [1.807, 2.05) is 6.07 Å². The van der Waals surface area contributed by atoms with Gasteiger partial charge in [0.25, 0.3) is 0 Å². The first kappa shape index (κ1) is 10.9. The third-order valence-corrected chi connectivity index (χ3v) is 3.87. The number of nitrogens with one attached hydrogen (secondary N) is 1. The van der Waals surface area contributed by atoms with E-state index in [-0.39, 0.29) is 0 Å². The van der Waals surface area contributed by atoms with Crippen LogP contribution in [-0.4, -0.2) is 37.7 Å². The molecule has 17 heavy (non-hydrogen) atoms. The average Bonchev–Trinajstić information content (AvgIpc) is 2.33. The zero-order chi connectivity index (χ0) is 11.7. The van der Waals surface area contributed by atoms with Gasteiger partial charge in [-0.3, -0.25) is 0 Å². The summed E-state index contributed by atoms with van der Waals surface area (Å²) in [5.41, 5.74) is 2.61. The highest BCUT2D eigenvalue weighted by atomic mass is 16.5. The molecule has 0 spiro atoms. The quantitative estimate of drug-likeness (QED) is 0.864. The Kier molecular flexibility index (Phi) is 2.93. The molecular weight excluding hydrogens is 212 g/mol. The van der Waals surface area contributed by atoms with E-state index in [1.165, 1.54) is 43.7 Å². The molecule has 1 atom stereocenters. The van der Waals surface area contributed by atoms with Gasteiger partial charge in [-0.2, -0.15) is 0 Å². The van der Waals surface area contributed by atoms with Crippen LogP contribution in [0.4, 0.5) is 5.69 Å². The molecule has 2 aliphatic heterocycles. The van der Waals surface area contributed by atoms with Gasteiger partial charge in [-0.25, -0.2) is 0 Å². The maximum absolute atomic E-state index is 5.43. The van der Waals surface area contributed by atoms with Gasteiger partial charge in [0, 0.05) is 12.6 Å². The molecule has 3 heteroatoms. The highest BCUT2D eigenvalue weighted by molar-refractivity contribution is 5.64. The van der Waals surface area contributed by atoms with E-state index < -0.39 is 0 Å². The van der Waals surface area contributed by atoms with Crippen molar-refractivity contribution < 1.29 is 4.74 Å². The van der Waals surface area contributed by atoms with E-state index in [2.05, 4.69) is 22.3 Å². The van der Waals surface area contributed by atoms with Gasteiger partial charge in [0.15, 0.2) is 0 Å². The fraction of sp³-hybridized carbons (Fsp3) is 0.571. The molecular formula is C14H20N2O. The molecule has 3 rings (SSSR count). The van der Waals surface area contributed by atoms with Crippen LogP contribution in [0.25, 0.3) is 0 Å². The van der Waals surface area contributed by atoms with Crippen molar-refractivity contribution in [1.82, 2.24) is 4.90 Å². The SMILES string of the molecule is COc1cccc2c1NC(CN1CCC1)CC2. The standard InChI is InChI=1S/C14H20N2O/c1-17-13-5-2-4-11-6-7-12(15-14(11)13)10-16-8-3-9-16/h2,4-5,12,15H,3,6-10H2,1H3. The molecule has 0 aliphatic carbocycles.